The number of ether oxygens (including phenoxy) is 2. The van der Waals surface area contributed by atoms with Gasteiger partial charge in [0.05, 0.1) is 31.7 Å². The van der Waals surface area contributed by atoms with E-state index < -0.39 is 22.0 Å². The summed E-state index contributed by atoms with van der Waals surface area (Å²) in [6, 6.07) is 13.3. The van der Waals surface area contributed by atoms with Crippen LogP contribution in [0.2, 0.25) is 0 Å². The van der Waals surface area contributed by atoms with Crippen LogP contribution in [0.15, 0.2) is 48.5 Å². The molecular formula is C21H27N3O6S. The zero-order valence-corrected chi connectivity index (χ0v) is 18.3. The standard InChI is InChI=1S/C21H27N3O6S/c1-16-3-7-18(8-4-16)30-19-9-5-17(6-10-19)24(31(2,27)28)15-20(21(25)22-26)23-11-13-29-14-12-23/h3-10,20,26H,11-15H2,1-2H3,(H,22,25)/t20-/m1/s1. The van der Waals surface area contributed by atoms with E-state index in [1.807, 2.05) is 31.2 Å². The first-order valence-electron chi connectivity index (χ1n) is 9.86. The van der Waals surface area contributed by atoms with Crippen LogP contribution in [0.3, 0.4) is 0 Å². The number of carbonyl (C=O) groups is 1. The number of carbonyl (C=O) groups excluding carboxylic acids is 1. The molecule has 1 aliphatic heterocycles. The quantitative estimate of drug-likeness (QED) is 0.467. The second-order valence-electron chi connectivity index (χ2n) is 7.34. The zero-order chi connectivity index (χ0) is 22.4. The van der Waals surface area contributed by atoms with Crippen LogP contribution in [0.25, 0.3) is 0 Å². The van der Waals surface area contributed by atoms with Gasteiger partial charge in [-0.3, -0.25) is 19.2 Å². The molecule has 1 heterocycles. The fraction of sp³-hybridized carbons (Fsp3) is 0.381. The molecule has 168 valence electrons. The van der Waals surface area contributed by atoms with Crippen molar-refractivity contribution >= 4 is 21.6 Å². The Bertz CT molecular complexity index is 973. The molecule has 0 aliphatic carbocycles. The molecule has 1 saturated heterocycles. The number of aryl methyl sites for hydroxylation is 1. The molecule has 9 nitrogen and oxygen atoms in total. The summed E-state index contributed by atoms with van der Waals surface area (Å²) in [7, 11) is -3.70. The van der Waals surface area contributed by atoms with Crippen LogP contribution in [-0.2, 0) is 19.6 Å². The van der Waals surface area contributed by atoms with Gasteiger partial charge in [0, 0.05) is 13.1 Å². The summed E-state index contributed by atoms with van der Waals surface area (Å²) >= 11 is 0. The van der Waals surface area contributed by atoms with Crippen LogP contribution in [0.1, 0.15) is 5.56 Å². The molecule has 0 bridgehead atoms. The maximum Gasteiger partial charge on any atom is 0.262 e. The van der Waals surface area contributed by atoms with Gasteiger partial charge in [-0.2, -0.15) is 0 Å². The first kappa shape index (κ1) is 23.0. The largest absolute Gasteiger partial charge is 0.457 e. The number of nitrogens with one attached hydrogen (secondary N) is 1. The van der Waals surface area contributed by atoms with E-state index in [9.17, 15) is 18.4 Å². The van der Waals surface area contributed by atoms with Crippen molar-refractivity contribution in [2.45, 2.75) is 13.0 Å². The predicted octanol–water partition coefficient (Wildman–Crippen LogP) is 1.76. The lowest BCUT2D eigenvalue weighted by Crippen LogP contribution is -2.56. The molecule has 1 amide bonds. The molecule has 2 aromatic carbocycles. The van der Waals surface area contributed by atoms with Crippen molar-refractivity contribution in [2.75, 3.05) is 43.4 Å². The lowest BCUT2D eigenvalue weighted by atomic mass is 10.2. The molecule has 1 fully saturated rings. The fourth-order valence-corrected chi connectivity index (χ4v) is 4.26. The van der Waals surface area contributed by atoms with Gasteiger partial charge >= 0.3 is 0 Å². The SMILES string of the molecule is Cc1ccc(Oc2ccc(N(C[C@H](C(=O)NO)N3CCOCC3)S(C)(=O)=O)cc2)cc1. The predicted molar refractivity (Wildman–Crippen MR) is 116 cm³/mol. The van der Waals surface area contributed by atoms with Crippen molar-refractivity contribution in [1.29, 1.82) is 0 Å². The highest BCUT2D eigenvalue weighted by Gasteiger charge is 2.32. The number of hydrogen-bond donors (Lipinski definition) is 2. The average Bonchev–Trinajstić information content (AvgIpc) is 2.76. The summed E-state index contributed by atoms with van der Waals surface area (Å²) in [5, 5.41) is 9.17. The topological polar surface area (TPSA) is 108 Å². The molecule has 0 aromatic heterocycles. The number of benzene rings is 2. The van der Waals surface area contributed by atoms with Crippen LogP contribution in [0, 0.1) is 6.92 Å². The molecule has 0 unspecified atom stereocenters. The van der Waals surface area contributed by atoms with Gasteiger partial charge in [0.1, 0.15) is 17.5 Å². The van der Waals surface area contributed by atoms with Crippen molar-refractivity contribution in [1.82, 2.24) is 10.4 Å². The van der Waals surface area contributed by atoms with Crippen molar-refractivity contribution in [3.8, 4) is 11.5 Å². The van der Waals surface area contributed by atoms with Gasteiger partial charge in [-0.15, -0.1) is 0 Å². The van der Waals surface area contributed by atoms with Crippen LogP contribution in [-0.4, -0.2) is 69.6 Å². The summed E-state index contributed by atoms with van der Waals surface area (Å²) in [5.41, 5.74) is 3.16. The number of sulfonamides is 1. The maximum absolute atomic E-state index is 12.5. The third kappa shape index (κ3) is 6.17. The Hall–Kier alpha value is -2.66. The van der Waals surface area contributed by atoms with Gasteiger partial charge in [0.15, 0.2) is 0 Å². The maximum atomic E-state index is 12.5. The van der Waals surface area contributed by atoms with E-state index in [4.69, 9.17) is 9.47 Å². The molecular weight excluding hydrogens is 422 g/mol. The summed E-state index contributed by atoms with van der Waals surface area (Å²) < 4.78 is 37.3. The van der Waals surface area contributed by atoms with Gasteiger partial charge in [0.2, 0.25) is 10.0 Å². The Morgan fingerprint density at radius 1 is 1.13 bits per heavy atom. The van der Waals surface area contributed by atoms with Crippen molar-refractivity contribution in [3.05, 3.63) is 54.1 Å². The Morgan fingerprint density at radius 2 is 1.68 bits per heavy atom. The van der Waals surface area contributed by atoms with E-state index in [1.54, 1.807) is 34.6 Å². The minimum atomic E-state index is -3.70. The van der Waals surface area contributed by atoms with E-state index in [1.165, 1.54) is 0 Å². The molecule has 1 atom stereocenters. The third-order valence-corrected chi connectivity index (χ3v) is 6.18. The van der Waals surface area contributed by atoms with E-state index in [2.05, 4.69) is 0 Å². The highest BCUT2D eigenvalue weighted by molar-refractivity contribution is 7.92. The summed E-state index contributed by atoms with van der Waals surface area (Å²) in [6.45, 7) is 3.61. The molecule has 2 aromatic rings. The minimum Gasteiger partial charge on any atom is -0.457 e. The van der Waals surface area contributed by atoms with Gasteiger partial charge < -0.3 is 9.47 Å². The van der Waals surface area contributed by atoms with Gasteiger partial charge in [-0.1, -0.05) is 17.7 Å². The molecule has 0 saturated carbocycles. The first-order valence-corrected chi connectivity index (χ1v) is 11.7. The second-order valence-corrected chi connectivity index (χ2v) is 9.25. The highest BCUT2D eigenvalue weighted by Crippen LogP contribution is 2.26. The van der Waals surface area contributed by atoms with Crippen LogP contribution >= 0.6 is 0 Å². The molecule has 0 spiro atoms. The van der Waals surface area contributed by atoms with Crippen molar-refractivity contribution in [3.63, 3.8) is 0 Å². The number of hydroxylamine groups is 1. The number of amides is 1. The molecule has 3 rings (SSSR count). The smallest absolute Gasteiger partial charge is 0.262 e. The molecule has 10 heteroatoms. The van der Waals surface area contributed by atoms with Crippen LogP contribution in [0.5, 0.6) is 11.5 Å². The molecule has 1 aliphatic rings. The van der Waals surface area contributed by atoms with Crippen LogP contribution < -0.4 is 14.5 Å². The number of nitrogens with zero attached hydrogens (tertiary/aromatic N) is 2. The van der Waals surface area contributed by atoms with Crippen molar-refractivity contribution in [2.24, 2.45) is 0 Å². The molecule has 2 N–H and O–H groups in total. The Kier molecular flexibility index (Phi) is 7.50. The monoisotopic (exact) mass is 449 g/mol. The van der Waals surface area contributed by atoms with E-state index >= 15 is 0 Å². The normalized spacial score (nSPS) is 15.8. The highest BCUT2D eigenvalue weighted by atomic mass is 32.2. The average molecular weight is 450 g/mol. The van der Waals surface area contributed by atoms with Gasteiger partial charge in [0.25, 0.3) is 5.91 Å². The Morgan fingerprint density at radius 3 is 2.19 bits per heavy atom. The van der Waals surface area contributed by atoms with Gasteiger partial charge in [-0.25, -0.2) is 13.9 Å². The lowest BCUT2D eigenvalue weighted by Gasteiger charge is -2.36. The zero-order valence-electron chi connectivity index (χ0n) is 17.5. The van der Waals surface area contributed by atoms with Crippen molar-refractivity contribution < 1.29 is 27.9 Å². The molecule has 0 radical (unpaired) electrons. The minimum absolute atomic E-state index is 0.149. The summed E-state index contributed by atoms with van der Waals surface area (Å²) in [6.07, 6.45) is 1.08. The summed E-state index contributed by atoms with van der Waals surface area (Å²) in [4.78, 5) is 14.1. The first-order chi connectivity index (χ1) is 14.8. The fourth-order valence-electron chi connectivity index (χ4n) is 3.34. The number of anilines is 1. The Balaban J connectivity index is 1.81. The second kappa shape index (κ2) is 10.1. The molecule has 31 heavy (non-hydrogen) atoms. The number of rotatable bonds is 8. The number of hydrogen-bond acceptors (Lipinski definition) is 7. The lowest BCUT2D eigenvalue weighted by molar-refractivity contribution is -0.136. The Labute approximate surface area is 182 Å². The van der Waals surface area contributed by atoms with Gasteiger partial charge in [-0.05, 0) is 43.3 Å². The van der Waals surface area contributed by atoms with E-state index in [-0.39, 0.29) is 6.54 Å². The third-order valence-electron chi connectivity index (χ3n) is 5.02. The van der Waals surface area contributed by atoms with E-state index in [0.29, 0.717) is 43.5 Å². The number of morpholine rings is 1. The van der Waals surface area contributed by atoms with E-state index in [0.717, 1.165) is 16.1 Å². The summed E-state index contributed by atoms with van der Waals surface area (Å²) in [5.74, 6) is 0.555. The van der Waals surface area contributed by atoms with Crippen LogP contribution in [0.4, 0.5) is 5.69 Å².